The van der Waals surface area contributed by atoms with Crippen molar-refractivity contribution in [1.82, 2.24) is 8.61 Å². The van der Waals surface area contributed by atoms with Crippen molar-refractivity contribution in [2.24, 2.45) is 0 Å². The standard InChI is InChI=1S/C11H18N2O2S/c1-4-13(16(14,15)12(2)3)10-11-8-6-5-7-9-11/h5-9H,4,10H2,1-3H3. The van der Waals surface area contributed by atoms with Crippen LogP contribution in [0.5, 0.6) is 0 Å². The molecule has 0 fully saturated rings. The minimum absolute atomic E-state index is 0.415. The van der Waals surface area contributed by atoms with Gasteiger partial charge in [-0.05, 0) is 5.56 Å². The maximum atomic E-state index is 11.9. The second kappa shape index (κ2) is 5.43. The molecule has 0 amide bonds. The lowest BCUT2D eigenvalue weighted by Crippen LogP contribution is -2.39. The number of hydrogen-bond donors (Lipinski definition) is 0. The van der Waals surface area contributed by atoms with Gasteiger partial charge in [-0.1, -0.05) is 37.3 Å². The number of hydrogen-bond acceptors (Lipinski definition) is 2. The van der Waals surface area contributed by atoms with E-state index in [0.29, 0.717) is 13.1 Å². The summed E-state index contributed by atoms with van der Waals surface area (Å²) < 4.78 is 26.5. The first-order chi connectivity index (χ1) is 7.48. The largest absolute Gasteiger partial charge is 0.281 e. The molecule has 0 N–H and O–H groups in total. The van der Waals surface area contributed by atoms with Gasteiger partial charge in [0, 0.05) is 27.2 Å². The Balaban J connectivity index is 2.86. The van der Waals surface area contributed by atoms with Gasteiger partial charge in [0.25, 0.3) is 10.2 Å². The third-order valence-corrected chi connectivity index (χ3v) is 4.30. The lowest BCUT2D eigenvalue weighted by Gasteiger charge is -2.24. The van der Waals surface area contributed by atoms with Crippen LogP contribution < -0.4 is 0 Å². The SMILES string of the molecule is CCN(Cc1ccccc1)S(=O)(=O)N(C)C. The predicted molar refractivity (Wildman–Crippen MR) is 65.1 cm³/mol. The Bertz CT molecular complexity index is 415. The molecule has 5 heteroatoms. The fourth-order valence-electron chi connectivity index (χ4n) is 1.37. The van der Waals surface area contributed by atoms with Crippen LogP contribution in [0.3, 0.4) is 0 Å². The van der Waals surface area contributed by atoms with Gasteiger partial charge >= 0.3 is 0 Å². The zero-order valence-corrected chi connectivity index (χ0v) is 10.7. The molecular formula is C11H18N2O2S. The lowest BCUT2D eigenvalue weighted by atomic mass is 10.2. The molecule has 0 heterocycles. The Morgan fingerprint density at radius 1 is 1.12 bits per heavy atom. The van der Waals surface area contributed by atoms with Gasteiger partial charge in [-0.2, -0.15) is 17.0 Å². The van der Waals surface area contributed by atoms with E-state index in [4.69, 9.17) is 0 Å². The number of benzene rings is 1. The molecule has 0 aliphatic heterocycles. The minimum atomic E-state index is -3.32. The van der Waals surface area contributed by atoms with E-state index in [9.17, 15) is 8.42 Å². The molecule has 90 valence electrons. The van der Waals surface area contributed by atoms with Gasteiger partial charge in [0.05, 0.1) is 0 Å². The van der Waals surface area contributed by atoms with Gasteiger partial charge < -0.3 is 0 Å². The van der Waals surface area contributed by atoms with Gasteiger partial charge in [0.1, 0.15) is 0 Å². The molecule has 1 rings (SSSR count). The molecule has 0 spiro atoms. The summed E-state index contributed by atoms with van der Waals surface area (Å²) in [4.78, 5) is 0. The molecule has 1 aromatic rings. The van der Waals surface area contributed by atoms with E-state index < -0.39 is 10.2 Å². The summed E-state index contributed by atoms with van der Waals surface area (Å²) in [6, 6.07) is 9.58. The Hall–Kier alpha value is -0.910. The quantitative estimate of drug-likeness (QED) is 0.781. The lowest BCUT2D eigenvalue weighted by molar-refractivity contribution is 0.382. The summed E-state index contributed by atoms with van der Waals surface area (Å²) in [6.45, 7) is 2.72. The summed E-state index contributed by atoms with van der Waals surface area (Å²) in [5.41, 5.74) is 0.995. The highest BCUT2D eigenvalue weighted by molar-refractivity contribution is 7.86. The van der Waals surface area contributed by atoms with Crippen molar-refractivity contribution in [2.45, 2.75) is 13.5 Å². The third kappa shape index (κ3) is 3.04. The van der Waals surface area contributed by atoms with Gasteiger partial charge in [0.15, 0.2) is 0 Å². The molecule has 0 radical (unpaired) electrons. The van der Waals surface area contributed by atoms with Crippen LogP contribution in [0.4, 0.5) is 0 Å². The van der Waals surface area contributed by atoms with E-state index >= 15 is 0 Å². The fourth-order valence-corrected chi connectivity index (χ4v) is 2.47. The molecule has 0 aromatic heterocycles. The van der Waals surface area contributed by atoms with E-state index in [1.54, 1.807) is 14.1 Å². The number of nitrogens with zero attached hydrogens (tertiary/aromatic N) is 2. The maximum absolute atomic E-state index is 11.9. The first-order valence-corrected chi connectivity index (χ1v) is 6.59. The summed E-state index contributed by atoms with van der Waals surface area (Å²) >= 11 is 0. The normalized spacial score (nSPS) is 12.3. The van der Waals surface area contributed by atoms with Crippen molar-refractivity contribution in [2.75, 3.05) is 20.6 Å². The van der Waals surface area contributed by atoms with Crippen LogP contribution in [0.2, 0.25) is 0 Å². The van der Waals surface area contributed by atoms with Crippen LogP contribution in [-0.2, 0) is 16.8 Å². The van der Waals surface area contributed by atoms with Crippen LogP contribution in [0.1, 0.15) is 12.5 Å². The summed E-state index contributed by atoms with van der Waals surface area (Å²) in [7, 11) is -0.231. The summed E-state index contributed by atoms with van der Waals surface area (Å²) in [5, 5.41) is 0. The van der Waals surface area contributed by atoms with Crippen molar-refractivity contribution in [3.8, 4) is 0 Å². The summed E-state index contributed by atoms with van der Waals surface area (Å²) in [6.07, 6.45) is 0. The Morgan fingerprint density at radius 3 is 2.12 bits per heavy atom. The molecule has 0 saturated heterocycles. The predicted octanol–water partition coefficient (Wildman–Crippen LogP) is 1.31. The first-order valence-electron chi connectivity index (χ1n) is 5.20. The smallest absolute Gasteiger partial charge is 0.195 e. The van der Waals surface area contributed by atoms with Gasteiger partial charge in [-0.3, -0.25) is 0 Å². The fraction of sp³-hybridized carbons (Fsp3) is 0.455. The average molecular weight is 242 g/mol. The van der Waals surface area contributed by atoms with Gasteiger partial charge in [0.2, 0.25) is 0 Å². The molecule has 16 heavy (non-hydrogen) atoms. The van der Waals surface area contributed by atoms with Crippen molar-refractivity contribution in [3.05, 3.63) is 35.9 Å². The second-order valence-electron chi connectivity index (χ2n) is 3.70. The second-order valence-corrected chi connectivity index (χ2v) is 5.84. The van der Waals surface area contributed by atoms with Crippen LogP contribution in [0.25, 0.3) is 0 Å². The van der Waals surface area contributed by atoms with Crippen LogP contribution >= 0.6 is 0 Å². The molecule has 1 aromatic carbocycles. The van der Waals surface area contributed by atoms with Gasteiger partial charge in [-0.15, -0.1) is 0 Å². The Kier molecular flexibility index (Phi) is 4.46. The van der Waals surface area contributed by atoms with Gasteiger partial charge in [-0.25, -0.2) is 0 Å². The van der Waals surface area contributed by atoms with Crippen LogP contribution in [0.15, 0.2) is 30.3 Å². The highest BCUT2D eigenvalue weighted by Crippen LogP contribution is 2.10. The van der Waals surface area contributed by atoms with Crippen molar-refractivity contribution in [3.63, 3.8) is 0 Å². The van der Waals surface area contributed by atoms with E-state index in [1.807, 2.05) is 37.3 Å². The van der Waals surface area contributed by atoms with Crippen molar-refractivity contribution in [1.29, 1.82) is 0 Å². The van der Waals surface area contributed by atoms with Crippen LogP contribution in [0, 0.1) is 0 Å². The first kappa shape index (κ1) is 13.2. The van der Waals surface area contributed by atoms with Crippen molar-refractivity contribution < 1.29 is 8.42 Å². The van der Waals surface area contributed by atoms with E-state index in [-0.39, 0.29) is 0 Å². The van der Waals surface area contributed by atoms with E-state index in [0.717, 1.165) is 5.56 Å². The molecule has 0 saturated carbocycles. The molecule has 0 atom stereocenters. The van der Waals surface area contributed by atoms with E-state index in [2.05, 4.69) is 0 Å². The average Bonchev–Trinajstić information content (AvgIpc) is 2.26. The Morgan fingerprint density at radius 2 is 1.69 bits per heavy atom. The molecule has 0 aliphatic rings. The molecule has 0 bridgehead atoms. The molecule has 4 nitrogen and oxygen atoms in total. The van der Waals surface area contributed by atoms with Crippen LogP contribution in [-0.4, -0.2) is 37.7 Å². The minimum Gasteiger partial charge on any atom is -0.195 e. The number of rotatable bonds is 5. The Labute approximate surface area is 97.7 Å². The monoisotopic (exact) mass is 242 g/mol. The van der Waals surface area contributed by atoms with Crippen molar-refractivity contribution >= 4 is 10.2 Å². The topological polar surface area (TPSA) is 40.6 Å². The maximum Gasteiger partial charge on any atom is 0.281 e. The molecular weight excluding hydrogens is 224 g/mol. The zero-order valence-electron chi connectivity index (χ0n) is 9.92. The zero-order chi connectivity index (χ0) is 12.2. The third-order valence-electron chi connectivity index (χ3n) is 2.34. The highest BCUT2D eigenvalue weighted by Gasteiger charge is 2.22. The molecule has 0 aliphatic carbocycles. The van der Waals surface area contributed by atoms with E-state index in [1.165, 1.54) is 8.61 Å². The summed E-state index contributed by atoms with van der Waals surface area (Å²) in [5.74, 6) is 0. The highest BCUT2D eigenvalue weighted by atomic mass is 32.2. The molecule has 0 unspecified atom stereocenters.